The predicted molar refractivity (Wildman–Crippen MR) is 81.5 cm³/mol. The van der Waals surface area contributed by atoms with Gasteiger partial charge in [-0.2, -0.15) is 8.42 Å². The third-order valence-corrected chi connectivity index (χ3v) is 4.22. The van der Waals surface area contributed by atoms with E-state index in [2.05, 4.69) is 6.58 Å². The van der Waals surface area contributed by atoms with Crippen LogP contribution in [0.25, 0.3) is 6.08 Å². The number of rotatable bonds is 6. The topological polar surface area (TPSA) is 52.6 Å². The van der Waals surface area contributed by atoms with Gasteiger partial charge in [0.15, 0.2) is 0 Å². The minimum Gasteiger partial charge on any atom is -0.497 e. The summed E-state index contributed by atoms with van der Waals surface area (Å²) in [6.45, 7) is 3.60. The normalized spacial score (nSPS) is 11.1. The van der Waals surface area contributed by atoms with Gasteiger partial charge in [-0.05, 0) is 35.4 Å². The maximum absolute atomic E-state index is 12.1. The number of hydrogen-bond acceptors (Lipinski definition) is 4. The quantitative estimate of drug-likeness (QED) is 0.769. The van der Waals surface area contributed by atoms with Crippen molar-refractivity contribution < 1.29 is 17.3 Å². The second-order valence-corrected chi connectivity index (χ2v) is 5.95. The van der Waals surface area contributed by atoms with Crippen molar-refractivity contribution in [1.29, 1.82) is 0 Å². The number of ether oxygens (including phenoxy) is 1. The Morgan fingerprint density at radius 2 is 1.67 bits per heavy atom. The maximum Gasteiger partial charge on any atom is 0.297 e. The van der Waals surface area contributed by atoms with Crippen LogP contribution in [0.4, 0.5) is 0 Å². The lowest BCUT2D eigenvalue weighted by Crippen LogP contribution is -2.06. The largest absolute Gasteiger partial charge is 0.497 e. The first kappa shape index (κ1) is 15.3. The van der Waals surface area contributed by atoms with Crippen molar-refractivity contribution in [3.05, 3.63) is 66.2 Å². The number of hydrogen-bond donors (Lipinski definition) is 0. The lowest BCUT2D eigenvalue weighted by atomic mass is 10.2. The molecule has 0 amide bonds. The van der Waals surface area contributed by atoms with Crippen LogP contribution in [0.3, 0.4) is 0 Å². The Hall–Kier alpha value is -2.11. The molecule has 2 aromatic rings. The van der Waals surface area contributed by atoms with E-state index in [1.54, 1.807) is 49.6 Å². The van der Waals surface area contributed by atoms with Crippen molar-refractivity contribution in [2.75, 3.05) is 7.11 Å². The van der Waals surface area contributed by atoms with E-state index in [0.717, 1.165) is 11.1 Å². The number of benzene rings is 2. The molecule has 0 aliphatic rings. The SMILES string of the molecule is C=Cc1ccc(S(=O)(=O)OCc2ccc(OC)cc2)cc1. The first-order valence-corrected chi connectivity index (χ1v) is 7.71. The van der Waals surface area contributed by atoms with Gasteiger partial charge >= 0.3 is 0 Å². The van der Waals surface area contributed by atoms with Crippen molar-refractivity contribution in [2.24, 2.45) is 0 Å². The Balaban J connectivity index is 2.07. The van der Waals surface area contributed by atoms with E-state index >= 15 is 0 Å². The van der Waals surface area contributed by atoms with Crippen LogP contribution < -0.4 is 4.74 Å². The summed E-state index contributed by atoms with van der Waals surface area (Å²) in [5.74, 6) is 0.710. The van der Waals surface area contributed by atoms with E-state index in [4.69, 9.17) is 8.92 Å². The van der Waals surface area contributed by atoms with Gasteiger partial charge in [0.05, 0.1) is 18.6 Å². The highest BCUT2D eigenvalue weighted by atomic mass is 32.2. The predicted octanol–water partition coefficient (Wildman–Crippen LogP) is 3.24. The number of methoxy groups -OCH3 is 1. The van der Waals surface area contributed by atoms with Crippen LogP contribution in [0.5, 0.6) is 5.75 Å². The summed E-state index contributed by atoms with van der Waals surface area (Å²) in [5.41, 5.74) is 1.60. The van der Waals surface area contributed by atoms with Gasteiger partial charge in [0.1, 0.15) is 5.75 Å². The van der Waals surface area contributed by atoms with Gasteiger partial charge in [-0.25, -0.2) is 0 Å². The van der Waals surface area contributed by atoms with Crippen LogP contribution >= 0.6 is 0 Å². The van der Waals surface area contributed by atoms with E-state index in [-0.39, 0.29) is 11.5 Å². The highest BCUT2D eigenvalue weighted by molar-refractivity contribution is 7.86. The van der Waals surface area contributed by atoms with Crippen molar-refractivity contribution in [3.8, 4) is 5.75 Å². The molecule has 0 spiro atoms. The van der Waals surface area contributed by atoms with Gasteiger partial charge in [-0.3, -0.25) is 4.18 Å². The highest BCUT2D eigenvalue weighted by Gasteiger charge is 2.14. The van der Waals surface area contributed by atoms with Gasteiger partial charge in [-0.15, -0.1) is 0 Å². The minimum absolute atomic E-state index is 0.0183. The Morgan fingerprint density at radius 1 is 1.05 bits per heavy atom. The van der Waals surface area contributed by atoms with Crippen LogP contribution in [0, 0.1) is 0 Å². The maximum atomic E-state index is 12.1. The summed E-state index contributed by atoms with van der Waals surface area (Å²) in [6, 6.07) is 13.4. The van der Waals surface area contributed by atoms with Gasteiger partial charge in [0, 0.05) is 0 Å². The molecule has 0 saturated carbocycles. The third kappa shape index (κ3) is 3.93. The van der Waals surface area contributed by atoms with Gasteiger partial charge in [-0.1, -0.05) is 36.9 Å². The van der Waals surface area contributed by atoms with E-state index in [9.17, 15) is 8.42 Å². The van der Waals surface area contributed by atoms with Gasteiger partial charge < -0.3 is 4.74 Å². The van der Waals surface area contributed by atoms with Gasteiger partial charge in [0.2, 0.25) is 0 Å². The zero-order chi connectivity index (χ0) is 15.3. The molecule has 0 unspecified atom stereocenters. The van der Waals surface area contributed by atoms with Crippen LogP contribution in [0.15, 0.2) is 60.0 Å². The lowest BCUT2D eigenvalue weighted by molar-refractivity contribution is 0.308. The first-order chi connectivity index (χ1) is 10.0. The summed E-state index contributed by atoms with van der Waals surface area (Å²) >= 11 is 0. The Bertz CT molecular complexity index is 701. The molecule has 0 aliphatic heterocycles. The zero-order valence-corrected chi connectivity index (χ0v) is 12.5. The lowest BCUT2D eigenvalue weighted by Gasteiger charge is -2.07. The van der Waals surface area contributed by atoms with E-state index in [0.29, 0.717) is 5.75 Å². The average Bonchev–Trinajstić information content (AvgIpc) is 2.53. The standard InChI is InChI=1S/C16H16O4S/c1-3-13-6-10-16(11-7-13)21(17,18)20-12-14-4-8-15(19-2)9-5-14/h3-11H,1,12H2,2H3. The summed E-state index contributed by atoms with van der Waals surface area (Å²) in [7, 11) is -2.19. The van der Waals surface area contributed by atoms with Crippen LogP contribution in [0.1, 0.15) is 11.1 Å². The monoisotopic (exact) mass is 304 g/mol. The molecule has 21 heavy (non-hydrogen) atoms. The molecule has 0 fully saturated rings. The Kier molecular flexibility index (Phi) is 4.77. The molecule has 0 aliphatic carbocycles. The van der Waals surface area contributed by atoms with Crippen molar-refractivity contribution >= 4 is 16.2 Å². The molecule has 110 valence electrons. The average molecular weight is 304 g/mol. The highest BCUT2D eigenvalue weighted by Crippen LogP contribution is 2.17. The summed E-state index contributed by atoms with van der Waals surface area (Å²) in [6.07, 6.45) is 1.65. The second-order valence-electron chi connectivity index (χ2n) is 4.34. The minimum atomic E-state index is -3.76. The molecule has 0 atom stereocenters. The molecule has 2 rings (SSSR count). The molecule has 0 saturated heterocycles. The van der Waals surface area contributed by atoms with Crippen LogP contribution in [-0.2, 0) is 20.9 Å². The second kappa shape index (κ2) is 6.56. The van der Waals surface area contributed by atoms with Crippen LogP contribution in [-0.4, -0.2) is 15.5 Å². The van der Waals surface area contributed by atoms with E-state index in [1.807, 2.05) is 0 Å². The molecule has 4 nitrogen and oxygen atoms in total. The third-order valence-electron chi connectivity index (χ3n) is 2.94. The first-order valence-electron chi connectivity index (χ1n) is 6.30. The molecule has 2 aromatic carbocycles. The van der Waals surface area contributed by atoms with Crippen molar-refractivity contribution in [1.82, 2.24) is 0 Å². The van der Waals surface area contributed by atoms with Gasteiger partial charge in [0.25, 0.3) is 10.1 Å². The molecule has 0 radical (unpaired) electrons. The molecule has 5 heteroatoms. The Morgan fingerprint density at radius 3 is 2.19 bits per heavy atom. The Labute approximate surface area is 124 Å². The molecule has 0 aromatic heterocycles. The fourth-order valence-electron chi connectivity index (χ4n) is 1.71. The molecule has 0 N–H and O–H groups in total. The van der Waals surface area contributed by atoms with E-state index in [1.165, 1.54) is 12.1 Å². The van der Waals surface area contributed by atoms with Crippen LogP contribution in [0.2, 0.25) is 0 Å². The van der Waals surface area contributed by atoms with Crippen molar-refractivity contribution in [2.45, 2.75) is 11.5 Å². The summed E-state index contributed by atoms with van der Waals surface area (Å²) in [4.78, 5) is 0.126. The molecular formula is C16H16O4S. The summed E-state index contributed by atoms with van der Waals surface area (Å²) < 4.78 is 34.2. The molecule has 0 heterocycles. The molecule has 0 bridgehead atoms. The molecular weight excluding hydrogens is 288 g/mol. The fourth-order valence-corrected chi connectivity index (χ4v) is 2.60. The fraction of sp³-hybridized carbons (Fsp3) is 0.125. The summed E-state index contributed by atoms with van der Waals surface area (Å²) in [5, 5.41) is 0. The van der Waals surface area contributed by atoms with E-state index < -0.39 is 10.1 Å². The van der Waals surface area contributed by atoms with Crippen molar-refractivity contribution in [3.63, 3.8) is 0 Å². The smallest absolute Gasteiger partial charge is 0.297 e. The zero-order valence-electron chi connectivity index (χ0n) is 11.7.